The molecule has 1 aliphatic heterocycles. The number of halogens is 1. The van der Waals surface area contributed by atoms with Crippen molar-refractivity contribution in [3.05, 3.63) is 52.5 Å². The summed E-state index contributed by atoms with van der Waals surface area (Å²) in [4.78, 5) is 26.4. The van der Waals surface area contributed by atoms with Crippen molar-refractivity contribution in [2.45, 2.75) is 12.8 Å². The van der Waals surface area contributed by atoms with Crippen molar-refractivity contribution in [1.82, 2.24) is 0 Å². The lowest BCUT2D eigenvalue weighted by molar-refractivity contribution is -0.118. The van der Waals surface area contributed by atoms with Crippen LogP contribution in [0.15, 0.2) is 36.4 Å². The Morgan fingerprint density at radius 3 is 2.70 bits per heavy atom. The molecule has 0 unspecified atom stereocenters. The molecule has 0 fully saturated rings. The van der Waals surface area contributed by atoms with Crippen LogP contribution in [0.4, 0.5) is 17.1 Å². The molecule has 30 heavy (non-hydrogen) atoms. The molecule has 0 bridgehead atoms. The number of anilines is 3. The van der Waals surface area contributed by atoms with Gasteiger partial charge in [-0.2, -0.15) is 8.42 Å². The number of carbonyl (C=O) groups excluding carboxylic acids is 2. The minimum Gasteiger partial charge on any atom is -0.382 e. The van der Waals surface area contributed by atoms with Crippen LogP contribution in [0.25, 0.3) is 0 Å². The summed E-state index contributed by atoms with van der Waals surface area (Å²) < 4.78 is 26.8. The molecule has 0 aliphatic carbocycles. The summed E-state index contributed by atoms with van der Waals surface area (Å²) in [5.74, 6) is -0.339. The van der Waals surface area contributed by atoms with Crippen molar-refractivity contribution < 1.29 is 22.2 Å². The maximum atomic E-state index is 12.9. The van der Waals surface area contributed by atoms with E-state index in [1.54, 1.807) is 42.3 Å². The van der Waals surface area contributed by atoms with E-state index < -0.39 is 10.1 Å². The molecule has 0 radical (unpaired) electrons. The minimum atomic E-state index is -3.54. The Bertz CT molecular complexity index is 1090. The quantitative estimate of drug-likeness (QED) is 0.495. The number of hydrogen-bond donors (Lipinski definition) is 2. The SMILES string of the molecule is CN1C(=O)CCc2ccc(NC(=O)c3ccc(Cl)cc3NCCOS(C)(=O)=O)cc21. The van der Waals surface area contributed by atoms with E-state index in [4.69, 9.17) is 15.8 Å². The van der Waals surface area contributed by atoms with E-state index in [0.29, 0.717) is 34.8 Å². The smallest absolute Gasteiger partial charge is 0.264 e. The van der Waals surface area contributed by atoms with Gasteiger partial charge in [0.15, 0.2) is 0 Å². The fourth-order valence-corrected chi connectivity index (χ4v) is 3.70. The Balaban J connectivity index is 1.75. The lowest BCUT2D eigenvalue weighted by atomic mass is 10.0. The van der Waals surface area contributed by atoms with Crippen LogP contribution in [-0.4, -0.2) is 46.7 Å². The third-order valence-electron chi connectivity index (χ3n) is 4.63. The van der Waals surface area contributed by atoms with E-state index in [1.807, 2.05) is 6.07 Å². The van der Waals surface area contributed by atoms with Gasteiger partial charge in [-0.1, -0.05) is 17.7 Å². The van der Waals surface area contributed by atoms with Gasteiger partial charge >= 0.3 is 0 Å². The summed E-state index contributed by atoms with van der Waals surface area (Å²) in [7, 11) is -1.83. The second-order valence-corrected chi connectivity index (χ2v) is 8.97. The molecule has 0 atom stereocenters. The van der Waals surface area contributed by atoms with Crippen LogP contribution in [-0.2, 0) is 25.5 Å². The van der Waals surface area contributed by atoms with Gasteiger partial charge in [0.05, 0.1) is 18.4 Å². The summed E-state index contributed by atoms with van der Waals surface area (Å²) in [5.41, 5.74) is 3.16. The third-order valence-corrected chi connectivity index (χ3v) is 5.46. The van der Waals surface area contributed by atoms with E-state index in [9.17, 15) is 18.0 Å². The Morgan fingerprint density at radius 2 is 1.97 bits per heavy atom. The first-order chi connectivity index (χ1) is 14.1. The Labute approximate surface area is 180 Å². The van der Waals surface area contributed by atoms with Gasteiger partial charge in [0.2, 0.25) is 5.91 Å². The third kappa shape index (κ3) is 5.50. The van der Waals surface area contributed by atoms with Gasteiger partial charge in [0, 0.05) is 42.1 Å². The van der Waals surface area contributed by atoms with E-state index in [2.05, 4.69) is 10.6 Å². The zero-order chi connectivity index (χ0) is 21.9. The van der Waals surface area contributed by atoms with E-state index in [1.165, 1.54) is 0 Å². The Hall–Kier alpha value is -2.62. The molecule has 2 amide bonds. The predicted octanol–water partition coefficient (Wildman–Crippen LogP) is 2.89. The first-order valence-electron chi connectivity index (χ1n) is 9.23. The van der Waals surface area contributed by atoms with Gasteiger partial charge in [-0.05, 0) is 42.3 Å². The van der Waals surface area contributed by atoms with Gasteiger partial charge in [-0.15, -0.1) is 0 Å². The Kier molecular flexibility index (Phi) is 6.64. The van der Waals surface area contributed by atoms with Crippen LogP contribution in [0.1, 0.15) is 22.3 Å². The van der Waals surface area contributed by atoms with Crippen molar-refractivity contribution in [2.24, 2.45) is 0 Å². The lowest BCUT2D eigenvalue weighted by Gasteiger charge is -2.26. The summed E-state index contributed by atoms with van der Waals surface area (Å²) in [5, 5.41) is 6.22. The fourth-order valence-electron chi connectivity index (χ4n) is 3.15. The summed E-state index contributed by atoms with van der Waals surface area (Å²) in [6.45, 7) is 0.0804. The molecule has 3 rings (SSSR count). The van der Waals surface area contributed by atoms with E-state index >= 15 is 0 Å². The molecular weight excluding hydrogens is 430 g/mol. The maximum Gasteiger partial charge on any atom is 0.264 e. The van der Waals surface area contributed by atoms with Crippen LogP contribution in [0, 0.1) is 0 Å². The minimum absolute atomic E-state index is 0.0338. The van der Waals surface area contributed by atoms with Gasteiger partial charge in [-0.3, -0.25) is 13.8 Å². The molecule has 2 N–H and O–H groups in total. The monoisotopic (exact) mass is 451 g/mol. The summed E-state index contributed by atoms with van der Waals surface area (Å²) >= 11 is 6.04. The van der Waals surface area contributed by atoms with Crippen LogP contribution in [0.5, 0.6) is 0 Å². The molecule has 8 nitrogen and oxygen atoms in total. The number of fused-ring (bicyclic) bond motifs is 1. The zero-order valence-electron chi connectivity index (χ0n) is 16.6. The zero-order valence-corrected chi connectivity index (χ0v) is 18.1. The maximum absolute atomic E-state index is 12.9. The Morgan fingerprint density at radius 1 is 1.20 bits per heavy atom. The van der Waals surface area contributed by atoms with Crippen molar-refractivity contribution in [2.75, 3.05) is 42.0 Å². The average molecular weight is 452 g/mol. The first kappa shape index (κ1) is 22.1. The second kappa shape index (κ2) is 9.03. The molecule has 2 aromatic rings. The van der Waals surface area contributed by atoms with Gasteiger partial charge in [0.1, 0.15) is 0 Å². The van der Waals surface area contributed by atoms with Crippen LogP contribution < -0.4 is 15.5 Å². The molecule has 1 heterocycles. The topological polar surface area (TPSA) is 105 Å². The molecule has 10 heteroatoms. The lowest BCUT2D eigenvalue weighted by Crippen LogP contribution is -2.31. The highest BCUT2D eigenvalue weighted by Crippen LogP contribution is 2.30. The van der Waals surface area contributed by atoms with Gasteiger partial charge in [0.25, 0.3) is 16.0 Å². The first-order valence-corrected chi connectivity index (χ1v) is 11.4. The molecule has 2 aromatic carbocycles. The molecule has 0 aromatic heterocycles. The van der Waals surface area contributed by atoms with Crippen LogP contribution >= 0.6 is 11.6 Å². The number of benzene rings is 2. The number of hydrogen-bond acceptors (Lipinski definition) is 6. The van der Waals surface area contributed by atoms with Crippen LogP contribution in [0.2, 0.25) is 5.02 Å². The number of rotatable bonds is 7. The van der Waals surface area contributed by atoms with Crippen molar-refractivity contribution in [3.8, 4) is 0 Å². The highest BCUT2D eigenvalue weighted by molar-refractivity contribution is 7.85. The highest BCUT2D eigenvalue weighted by atomic mass is 35.5. The largest absolute Gasteiger partial charge is 0.382 e. The second-order valence-electron chi connectivity index (χ2n) is 6.89. The standard InChI is InChI=1S/C20H22ClN3O5S/c1-24-18-12-15(6-3-13(18)4-8-19(24)25)23-20(26)16-7-5-14(21)11-17(16)22-9-10-29-30(2,27)28/h3,5-7,11-12,22H,4,8-10H2,1-2H3,(H,23,26). The normalized spacial score (nSPS) is 13.7. The summed E-state index contributed by atoms with van der Waals surface area (Å²) in [6, 6.07) is 10.2. The molecule has 0 spiro atoms. The van der Waals surface area contributed by atoms with Crippen molar-refractivity contribution >= 4 is 50.6 Å². The molecule has 0 saturated carbocycles. The average Bonchev–Trinajstić information content (AvgIpc) is 2.68. The predicted molar refractivity (Wildman–Crippen MR) is 117 cm³/mol. The summed E-state index contributed by atoms with van der Waals surface area (Å²) in [6.07, 6.45) is 2.11. The molecular formula is C20H22ClN3O5S. The van der Waals surface area contributed by atoms with E-state index in [0.717, 1.165) is 17.5 Å². The van der Waals surface area contributed by atoms with Gasteiger partial charge < -0.3 is 15.5 Å². The number of nitrogens with zero attached hydrogens (tertiary/aromatic N) is 1. The number of aryl methyl sites for hydroxylation is 1. The van der Waals surface area contributed by atoms with Crippen molar-refractivity contribution in [1.29, 1.82) is 0 Å². The molecule has 160 valence electrons. The highest BCUT2D eigenvalue weighted by Gasteiger charge is 2.21. The van der Waals surface area contributed by atoms with Crippen molar-refractivity contribution in [3.63, 3.8) is 0 Å². The molecule has 1 aliphatic rings. The fraction of sp³-hybridized carbons (Fsp3) is 0.300. The number of nitrogens with one attached hydrogen (secondary N) is 2. The van der Waals surface area contributed by atoms with Crippen LogP contribution in [0.3, 0.4) is 0 Å². The van der Waals surface area contributed by atoms with Gasteiger partial charge in [-0.25, -0.2) is 0 Å². The molecule has 0 saturated heterocycles. The number of amides is 2. The number of carbonyl (C=O) groups is 2. The van der Waals surface area contributed by atoms with E-state index in [-0.39, 0.29) is 25.0 Å².